The largest absolute Gasteiger partial charge is 0.309 e. The highest BCUT2D eigenvalue weighted by Crippen LogP contribution is 2.32. The van der Waals surface area contributed by atoms with E-state index in [1.54, 1.807) is 6.07 Å². The number of benzene rings is 1. The molecule has 2 rings (SSSR count). The Labute approximate surface area is 125 Å². The van der Waals surface area contributed by atoms with Crippen molar-refractivity contribution in [3.63, 3.8) is 0 Å². The molecule has 0 spiro atoms. The van der Waals surface area contributed by atoms with E-state index in [0.717, 1.165) is 33.7 Å². The molecule has 0 saturated carbocycles. The molecule has 2 aromatic rings. The number of nitrogens with zero attached hydrogens (tertiary/aromatic N) is 1. The second-order valence-corrected chi connectivity index (χ2v) is 6.09. The molecule has 19 heavy (non-hydrogen) atoms. The maximum atomic E-state index is 13.3. The van der Waals surface area contributed by atoms with E-state index in [9.17, 15) is 4.39 Å². The van der Waals surface area contributed by atoms with Gasteiger partial charge in [0.2, 0.25) is 0 Å². The third kappa shape index (κ3) is 3.61. The third-order valence-corrected chi connectivity index (χ3v) is 4.41. The molecular formula is C14H16BrFN2S. The van der Waals surface area contributed by atoms with Gasteiger partial charge in [-0.15, -0.1) is 11.3 Å². The normalized spacial score (nSPS) is 12.6. The predicted molar refractivity (Wildman–Crippen MR) is 81.9 cm³/mol. The van der Waals surface area contributed by atoms with Gasteiger partial charge in [0, 0.05) is 21.5 Å². The number of aromatic nitrogens is 1. The first-order chi connectivity index (χ1) is 9.11. The molecule has 0 bridgehead atoms. The Morgan fingerprint density at radius 3 is 3.00 bits per heavy atom. The van der Waals surface area contributed by atoms with E-state index in [1.807, 2.05) is 5.38 Å². The Balaban J connectivity index is 2.23. The minimum absolute atomic E-state index is 0.220. The van der Waals surface area contributed by atoms with Gasteiger partial charge < -0.3 is 5.32 Å². The summed E-state index contributed by atoms with van der Waals surface area (Å²) in [5, 5.41) is 6.26. The third-order valence-electron chi connectivity index (χ3n) is 2.82. The lowest BCUT2D eigenvalue weighted by Gasteiger charge is -2.09. The molecule has 1 unspecified atom stereocenters. The van der Waals surface area contributed by atoms with Crippen molar-refractivity contribution in [3.8, 4) is 10.6 Å². The topological polar surface area (TPSA) is 24.9 Å². The monoisotopic (exact) mass is 342 g/mol. The lowest BCUT2D eigenvalue weighted by molar-refractivity contribution is 0.561. The highest BCUT2D eigenvalue weighted by Gasteiger charge is 2.13. The van der Waals surface area contributed by atoms with Gasteiger partial charge in [-0.2, -0.15) is 0 Å². The Hall–Kier alpha value is -0.780. The first-order valence-electron chi connectivity index (χ1n) is 6.26. The van der Waals surface area contributed by atoms with Crippen LogP contribution in [-0.2, 0) is 0 Å². The average molecular weight is 343 g/mol. The molecule has 0 saturated heterocycles. The van der Waals surface area contributed by atoms with Gasteiger partial charge in [-0.1, -0.05) is 22.9 Å². The predicted octanol–water partition coefficient (Wildman–Crippen LogP) is 4.77. The van der Waals surface area contributed by atoms with Crippen molar-refractivity contribution < 1.29 is 4.39 Å². The first-order valence-corrected chi connectivity index (χ1v) is 7.93. The van der Waals surface area contributed by atoms with Crippen molar-refractivity contribution in [2.75, 3.05) is 6.54 Å². The fourth-order valence-electron chi connectivity index (χ4n) is 1.74. The minimum Gasteiger partial charge on any atom is -0.309 e. The van der Waals surface area contributed by atoms with E-state index >= 15 is 0 Å². The molecule has 0 aliphatic rings. The van der Waals surface area contributed by atoms with Crippen LogP contribution in [0.1, 0.15) is 32.0 Å². The van der Waals surface area contributed by atoms with Crippen LogP contribution < -0.4 is 5.32 Å². The van der Waals surface area contributed by atoms with Crippen LogP contribution in [0.2, 0.25) is 0 Å². The summed E-state index contributed by atoms with van der Waals surface area (Å²) in [5.74, 6) is -0.243. The van der Waals surface area contributed by atoms with Crippen molar-refractivity contribution >= 4 is 27.3 Å². The Morgan fingerprint density at radius 1 is 1.47 bits per heavy atom. The molecule has 0 radical (unpaired) electrons. The second kappa shape index (κ2) is 6.59. The molecule has 0 aliphatic heterocycles. The summed E-state index contributed by atoms with van der Waals surface area (Å²) >= 11 is 4.98. The molecular weight excluding hydrogens is 327 g/mol. The van der Waals surface area contributed by atoms with E-state index in [0.29, 0.717) is 0 Å². The number of hydrogen-bond acceptors (Lipinski definition) is 3. The molecule has 1 atom stereocenters. The van der Waals surface area contributed by atoms with Crippen LogP contribution in [0, 0.1) is 5.82 Å². The highest BCUT2D eigenvalue weighted by molar-refractivity contribution is 9.10. The molecule has 0 aliphatic carbocycles. The SMILES string of the molecule is CCCNC(C)c1csc(-c2cc(F)ccc2Br)n1. The van der Waals surface area contributed by atoms with Gasteiger partial charge in [-0.25, -0.2) is 9.37 Å². The standard InChI is InChI=1S/C14H16BrFN2S/c1-3-6-17-9(2)13-8-19-14(18-13)11-7-10(16)4-5-12(11)15/h4-5,7-9,17H,3,6H2,1-2H3. The number of hydrogen-bond donors (Lipinski definition) is 1. The molecule has 5 heteroatoms. The number of rotatable bonds is 5. The lowest BCUT2D eigenvalue weighted by Crippen LogP contribution is -2.19. The molecule has 1 aromatic heterocycles. The smallest absolute Gasteiger partial charge is 0.124 e. The Bertz CT molecular complexity index is 556. The molecule has 1 aromatic carbocycles. The number of thiazole rings is 1. The summed E-state index contributed by atoms with van der Waals surface area (Å²) in [4.78, 5) is 4.59. The maximum absolute atomic E-state index is 13.3. The van der Waals surface area contributed by atoms with E-state index in [-0.39, 0.29) is 11.9 Å². The summed E-state index contributed by atoms with van der Waals surface area (Å²) in [7, 11) is 0. The van der Waals surface area contributed by atoms with Gasteiger partial charge in [0.05, 0.1) is 5.69 Å². The van der Waals surface area contributed by atoms with Gasteiger partial charge in [-0.3, -0.25) is 0 Å². The molecule has 0 fully saturated rings. The lowest BCUT2D eigenvalue weighted by atomic mass is 10.2. The van der Waals surface area contributed by atoms with Crippen molar-refractivity contribution in [2.45, 2.75) is 26.3 Å². The fraction of sp³-hybridized carbons (Fsp3) is 0.357. The van der Waals surface area contributed by atoms with Crippen LogP contribution in [0.15, 0.2) is 28.1 Å². The van der Waals surface area contributed by atoms with Gasteiger partial charge in [0.15, 0.2) is 0 Å². The van der Waals surface area contributed by atoms with Crippen LogP contribution in [0.5, 0.6) is 0 Å². The number of nitrogens with one attached hydrogen (secondary N) is 1. The summed E-state index contributed by atoms with van der Waals surface area (Å²) < 4.78 is 14.2. The zero-order valence-electron chi connectivity index (χ0n) is 10.9. The van der Waals surface area contributed by atoms with Crippen LogP contribution in [0.25, 0.3) is 10.6 Å². The first kappa shape index (κ1) is 14.6. The molecule has 1 N–H and O–H groups in total. The van der Waals surface area contributed by atoms with Crippen molar-refractivity contribution in [1.82, 2.24) is 10.3 Å². The highest BCUT2D eigenvalue weighted by atomic mass is 79.9. The van der Waals surface area contributed by atoms with Gasteiger partial charge in [0.25, 0.3) is 0 Å². The molecule has 2 nitrogen and oxygen atoms in total. The molecule has 0 amide bonds. The molecule has 1 heterocycles. The van der Waals surface area contributed by atoms with Crippen LogP contribution in [0.4, 0.5) is 4.39 Å². The van der Waals surface area contributed by atoms with E-state index in [4.69, 9.17) is 0 Å². The van der Waals surface area contributed by atoms with Crippen LogP contribution in [0.3, 0.4) is 0 Å². The van der Waals surface area contributed by atoms with E-state index in [1.165, 1.54) is 23.5 Å². The summed E-state index contributed by atoms with van der Waals surface area (Å²) in [5.41, 5.74) is 1.81. The van der Waals surface area contributed by atoms with Crippen molar-refractivity contribution in [2.24, 2.45) is 0 Å². The van der Waals surface area contributed by atoms with E-state index < -0.39 is 0 Å². The van der Waals surface area contributed by atoms with Crippen molar-refractivity contribution in [1.29, 1.82) is 0 Å². The summed E-state index contributed by atoms with van der Waals surface area (Å²) in [6.07, 6.45) is 1.09. The second-order valence-electron chi connectivity index (χ2n) is 4.38. The number of halogens is 2. The molecule has 102 valence electrons. The quantitative estimate of drug-likeness (QED) is 0.846. The Kier molecular flexibility index (Phi) is 5.07. The zero-order chi connectivity index (χ0) is 13.8. The average Bonchev–Trinajstić information content (AvgIpc) is 2.88. The van der Waals surface area contributed by atoms with Crippen molar-refractivity contribution in [3.05, 3.63) is 39.6 Å². The van der Waals surface area contributed by atoms with E-state index in [2.05, 4.69) is 40.1 Å². The summed E-state index contributed by atoms with van der Waals surface area (Å²) in [6.45, 7) is 5.20. The maximum Gasteiger partial charge on any atom is 0.124 e. The Morgan fingerprint density at radius 2 is 2.26 bits per heavy atom. The van der Waals surface area contributed by atoms with Gasteiger partial charge in [-0.05, 0) is 38.1 Å². The van der Waals surface area contributed by atoms with Gasteiger partial charge >= 0.3 is 0 Å². The van der Waals surface area contributed by atoms with Crippen LogP contribution >= 0.6 is 27.3 Å². The van der Waals surface area contributed by atoms with Gasteiger partial charge in [0.1, 0.15) is 10.8 Å². The van der Waals surface area contributed by atoms with Crippen LogP contribution in [-0.4, -0.2) is 11.5 Å². The minimum atomic E-state index is -0.243. The zero-order valence-corrected chi connectivity index (χ0v) is 13.3. The fourth-order valence-corrected chi connectivity index (χ4v) is 3.24. The summed E-state index contributed by atoms with van der Waals surface area (Å²) in [6, 6.07) is 4.88.